The van der Waals surface area contributed by atoms with Crippen molar-refractivity contribution in [1.82, 2.24) is 9.99 Å². The summed E-state index contributed by atoms with van der Waals surface area (Å²) in [5.41, 5.74) is 10.3. The Hall–Kier alpha value is -3.67. The molecule has 1 heterocycles. The maximum Gasteiger partial charge on any atom is 0.329 e. The number of nitrogens with one attached hydrogen (secondary N) is 2. The van der Waals surface area contributed by atoms with Crippen LogP contribution in [-0.4, -0.2) is 22.6 Å². The fourth-order valence-corrected chi connectivity index (χ4v) is 3.43. The Morgan fingerprint density at radius 2 is 1.47 bits per heavy atom. The highest BCUT2D eigenvalue weighted by molar-refractivity contribution is 6.39. The van der Waals surface area contributed by atoms with E-state index in [0.29, 0.717) is 5.69 Å². The number of benzene rings is 2. The predicted octanol–water partition coefficient (Wildman–Crippen LogP) is 4.11. The van der Waals surface area contributed by atoms with Crippen LogP contribution in [0.5, 0.6) is 0 Å². The molecule has 3 aromatic rings. The molecule has 0 bridgehead atoms. The summed E-state index contributed by atoms with van der Waals surface area (Å²) < 4.78 is 2.15. The number of anilines is 1. The summed E-state index contributed by atoms with van der Waals surface area (Å²) in [6, 6.07) is 15.6. The third-order valence-electron chi connectivity index (χ3n) is 4.82. The Balaban J connectivity index is 1.69. The number of hydrazone groups is 1. The lowest BCUT2D eigenvalue weighted by molar-refractivity contribution is -0.136. The van der Waals surface area contributed by atoms with Gasteiger partial charge in [-0.25, -0.2) is 5.43 Å². The number of nitrogens with zero attached hydrogens (tertiary/aromatic N) is 2. The lowest BCUT2D eigenvalue weighted by atomic mass is 10.1. The summed E-state index contributed by atoms with van der Waals surface area (Å²) in [4.78, 5) is 24.0. The molecule has 6 nitrogen and oxygen atoms in total. The van der Waals surface area contributed by atoms with Crippen molar-refractivity contribution >= 4 is 23.7 Å². The topological polar surface area (TPSA) is 75.5 Å². The molecule has 2 amide bonds. The van der Waals surface area contributed by atoms with Gasteiger partial charge >= 0.3 is 11.8 Å². The molecule has 0 radical (unpaired) electrons. The van der Waals surface area contributed by atoms with Crippen LogP contribution < -0.4 is 10.7 Å². The minimum absolute atomic E-state index is 0.557. The monoisotopic (exact) mass is 402 g/mol. The van der Waals surface area contributed by atoms with Gasteiger partial charge in [0.25, 0.3) is 0 Å². The number of aryl methyl sites for hydroxylation is 4. The normalized spacial score (nSPS) is 11.0. The van der Waals surface area contributed by atoms with Crippen molar-refractivity contribution in [3.63, 3.8) is 0 Å². The molecule has 2 aromatic carbocycles. The van der Waals surface area contributed by atoms with Crippen LogP contribution in [0.3, 0.4) is 0 Å². The van der Waals surface area contributed by atoms with E-state index in [2.05, 4.69) is 52.5 Å². The maximum absolute atomic E-state index is 12.0. The van der Waals surface area contributed by atoms with E-state index in [4.69, 9.17) is 0 Å². The van der Waals surface area contributed by atoms with E-state index in [9.17, 15) is 9.59 Å². The number of rotatable bonds is 4. The van der Waals surface area contributed by atoms with Gasteiger partial charge in [0.15, 0.2) is 0 Å². The Morgan fingerprint density at radius 1 is 0.833 bits per heavy atom. The fourth-order valence-electron chi connectivity index (χ4n) is 3.43. The van der Waals surface area contributed by atoms with Crippen molar-refractivity contribution in [2.24, 2.45) is 5.10 Å². The van der Waals surface area contributed by atoms with E-state index in [1.54, 1.807) is 18.3 Å². The van der Waals surface area contributed by atoms with E-state index >= 15 is 0 Å². The molecule has 0 unspecified atom stereocenters. The number of carbonyl (C=O) groups is 2. The Kier molecular flexibility index (Phi) is 6.16. The summed E-state index contributed by atoms with van der Waals surface area (Å²) in [6.45, 7) is 10.1. The molecule has 0 aliphatic heterocycles. The zero-order valence-electron chi connectivity index (χ0n) is 17.9. The summed E-state index contributed by atoms with van der Waals surface area (Å²) in [7, 11) is 0. The van der Waals surface area contributed by atoms with Gasteiger partial charge in [-0.3, -0.25) is 9.59 Å². The molecule has 0 atom stereocenters. The number of carbonyl (C=O) groups excluding carboxylic acids is 2. The van der Waals surface area contributed by atoms with Crippen LogP contribution in [0.4, 0.5) is 5.69 Å². The molecular formula is C24H26N4O2. The second-order valence-corrected chi connectivity index (χ2v) is 7.53. The van der Waals surface area contributed by atoms with Crippen molar-refractivity contribution in [1.29, 1.82) is 0 Å². The van der Waals surface area contributed by atoms with E-state index in [1.807, 2.05) is 39.0 Å². The first-order valence-corrected chi connectivity index (χ1v) is 9.73. The van der Waals surface area contributed by atoms with E-state index in [-0.39, 0.29) is 0 Å². The van der Waals surface area contributed by atoms with Gasteiger partial charge in [-0.2, -0.15) is 5.10 Å². The second-order valence-electron chi connectivity index (χ2n) is 7.53. The van der Waals surface area contributed by atoms with Crippen LogP contribution in [-0.2, 0) is 9.59 Å². The number of aromatic nitrogens is 1. The first-order valence-electron chi connectivity index (χ1n) is 9.73. The molecule has 6 heteroatoms. The van der Waals surface area contributed by atoms with Gasteiger partial charge in [-0.05, 0) is 76.1 Å². The highest BCUT2D eigenvalue weighted by atomic mass is 16.2. The fraction of sp³-hybridized carbons (Fsp3) is 0.208. The molecular weight excluding hydrogens is 376 g/mol. The SMILES string of the molecule is Cc1ccc(NC(=O)C(=O)N/N=C\c2cc(C)n(-c3cc(C)cc(C)c3)c2C)cc1. The third-order valence-corrected chi connectivity index (χ3v) is 4.82. The summed E-state index contributed by atoms with van der Waals surface area (Å²) in [5.74, 6) is -1.59. The van der Waals surface area contributed by atoms with Crippen LogP contribution in [0.15, 0.2) is 53.6 Å². The van der Waals surface area contributed by atoms with Crippen LogP contribution in [0.2, 0.25) is 0 Å². The largest absolute Gasteiger partial charge is 0.329 e. The molecule has 0 spiro atoms. The zero-order valence-corrected chi connectivity index (χ0v) is 17.9. The van der Waals surface area contributed by atoms with Crippen LogP contribution in [0.1, 0.15) is 33.6 Å². The van der Waals surface area contributed by atoms with E-state index in [0.717, 1.165) is 28.2 Å². The number of hydrogen-bond acceptors (Lipinski definition) is 3. The Morgan fingerprint density at radius 3 is 2.10 bits per heavy atom. The number of hydrogen-bond donors (Lipinski definition) is 2. The molecule has 0 aliphatic carbocycles. The van der Waals surface area contributed by atoms with E-state index < -0.39 is 11.8 Å². The van der Waals surface area contributed by atoms with Crippen LogP contribution >= 0.6 is 0 Å². The highest BCUT2D eigenvalue weighted by Gasteiger charge is 2.13. The molecule has 0 fully saturated rings. The first-order chi connectivity index (χ1) is 14.2. The Labute approximate surface area is 176 Å². The molecule has 1 aromatic heterocycles. The van der Waals surface area contributed by atoms with Gasteiger partial charge in [-0.1, -0.05) is 23.8 Å². The predicted molar refractivity (Wildman–Crippen MR) is 120 cm³/mol. The van der Waals surface area contributed by atoms with E-state index in [1.165, 1.54) is 11.1 Å². The second kappa shape index (κ2) is 8.78. The van der Waals surface area contributed by atoms with Gasteiger partial charge < -0.3 is 9.88 Å². The summed E-state index contributed by atoms with van der Waals surface area (Å²) in [6.07, 6.45) is 1.55. The summed E-state index contributed by atoms with van der Waals surface area (Å²) in [5, 5.41) is 6.51. The Bertz CT molecular complexity index is 1100. The van der Waals surface area contributed by atoms with Crippen molar-refractivity contribution in [3.05, 3.63) is 82.2 Å². The first kappa shape index (κ1) is 21.0. The molecule has 0 saturated heterocycles. The highest BCUT2D eigenvalue weighted by Crippen LogP contribution is 2.21. The lowest BCUT2D eigenvalue weighted by Gasteiger charge is -2.11. The van der Waals surface area contributed by atoms with Crippen molar-refractivity contribution in [2.75, 3.05) is 5.32 Å². The quantitative estimate of drug-likeness (QED) is 0.391. The number of amides is 2. The minimum atomic E-state index is -0.824. The average molecular weight is 402 g/mol. The van der Waals surface area contributed by atoms with Gasteiger partial charge in [-0.15, -0.1) is 0 Å². The smallest absolute Gasteiger partial charge is 0.318 e. The maximum atomic E-state index is 12.0. The molecule has 0 aliphatic rings. The molecule has 154 valence electrons. The average Bonchev–Trinajstić information content (AvgIpc) is 2.96. The van der Waals surface area contributed by atoms with Gasteiger partial charge in [0.1, 0.15) is 0 Å². The molecule has 0 saturated carbocycles. The summed E-state index contributed by atoms with van der Waals surface area (Å²) >= 11 is 0. The van der Waals surface area contributed by atoms with Crippen LogP contribution in [0.25, 0.3) is 5.69 Å². The molecule has 3 rings (SSSR count). The van der Waals surface area contributed by atoms with Gasteiger partial charge in [0, 0.05) is 28.3 Å². The molecule has 30 heavy (non-hydrogen) atoms. The van der Waals surface area contributed by atoms with Crippen molar-refractivity contribution in [2.45, 2.75) is 34.6 Å². The van der Waals surface area contributed by atoms with Gasteiger partial charge in [0.05, 0.1) is 6.21 Å². The van der Waals surface area contributed by atoms with Crippen molar-refractivity contribution in [3.8, 4) is 5.69 Å². The zero-order chi connectivity index (χ0) is 21.8. The van der Waals surface area contributed by atoms with Gasteiger partial charge in [0.2, 0.25) is 0 Å². The molecule has 2 N–H and O–H groups in total. The van der Waals surface area contributed by atoms with Crippen molar-refractivity contribution < 1.29 is 9.59 Å². The lowest BCUT2D eigenvalue weighted by Crippen LogP contribution is -2.32. The minimum Gasteiger partial charge on any atom is -0.318 e. The third kappa shape index (κ3) is 4.84. The standard InChI is InChI=1S/C24H26N4O2/c1-15-6-8-21(9-7-15)26-23(29)24(30)27-25-14-20-13-18(4)28(19(20)5)22-11-16(2)10-17(3)12-22/h6-14H,1-5H3,(H,26,29)(H,27,30)/b25-14-. The van der Waals surface area contributed by atoms with Crippen LogP contribution in [0, 0.1) is 34.6 Å².